The number of hydrogen-bond donors (Lipinski definition) is 0. The van der Waals surface area contributed by atoms with E-state index >= 15 is 0 Å². The van der Waals surface area contributed by atoms with Crippen LogP contribution in [-0.4, -0.2) is 31.7 Å². The number of carbonyl (C=O) groups excluding carboxylic acids is 1. The summed E-state index contributed by atoms with van der Waals surface area (Å²) >= 11 is 0. The molecule has 0 unspecified atom stereocenters. The molecule has 2 aromatic rings. The van der Waals surface area contributed by atoms with E-state index in [1.54, 1.807) is 19.2 Å². The first kappa shape index (κ1) is 19.5. The molecule has 0 atom stereocenters. The summed E-state index contributed by atoms with van der Waals surface area (Å²) in [6.07, 6.45) is 0.782. The van der Waals surface area contributed by atoms with Crippen LogP contribution in [0.4, 0.5) is 0 Å². The van der Waals surface area contributed by atoms with Crippen LogP contribution in [0.5, 0.6) is 11.5 Å². The first-order valence-corrected chi connectivity index (χ1v) is 8.97. The lowest BCUT2D eigenvalue weighted by molar-refractivity contribution is 0.00578. The average molecular weight is 368 g/mol. The van der Waals surface area contributed by atoms with Crippen molar-refractivity contribution in [1.82, 2.24) is 0 Å². The van der Waals surface area contributed by atoms with Gasteiger partial charge in [0, 0.05) is 11.0 Å². The van der Waals surface area contributed by atoms with Gasteiger partial charge in [-0.15, -0.1) is 0 Å². The van der Waals surface area contributed by atoms with Gasteiger partial charge in [0.05, 0.1) is 18.3 Å². The summed E-state index contributed by atoms with van der Waals surface area (Å²) in [5, 5.41) is 0. The molecule has 1 fully saturated rings. The predicted octanol–water partition coefficient (Wildman–Crippen LogP) is 3.39. The third kappa shape index (κ3) is 3.73. The Bertz CT molecular complexity index is 801. The molecule has 1 saturated heterocycles. The zero-order chi connectivity index (χ0) is 19.7. The molecule has 142 valence electrons. The summed E-state index contributed by atoms with van der Waals surface area (Å²) in [5.74, 6) is 0.991. The number of carbonyl (C=O) groups is 1. The first-order valence-electron chi connectivity index (χ1n) is 8.97. The van der Waals surface area contributed by atoms with Gasteiger partial charge in [0.2, 0.25) is 0 Å². The largest absolute Gasteiger partial charge is 0.499 e. The molecule has 0 N–H and O–H groups in total. The molecule has 0 aliphatic carbocycles. The molecule has 0 bridgehead atoms. The zero-order valence-corrected chi connectivity index (χ0v) is 16.4. The molecule has 1 aliphatic rings. The van der Waals surface area contributed by atoms with Crippen LogP contribution in [0.2, 0.25) is 0 Å². The second kappa shape index (κ2) is 7.37. The van der Waals surface area contributed by atoms with Crippen molar-refractivity contribution < 1.29 is 23.6 Å². The Labute approximate surface area is 160 Å². The van der Waals surface area contributed by atoms with E-state index in [0.29, 0.717) is 29.1 Å². The summed E-state index contributed by atoms with van der Waals surface area (Å²) < 4.78 is 23.9. The van der Waals surface area contributed by atoms with Gasteiger partial charge >= 0.3 is 7.12 Å². The van der Waals surface area contributed by atoms with Crippen LogP contribution < -0.4 is 14.9 Å². The average Bonchev–Trinajstić information content (AvgIpc) is 2.87. The number of rotatable bonds is 6. The van der Waals surface area contributed by atoms with Crippen LogP contribution in [0.15, 0.2) is 42.5 Å². The van der Waals surface area contributed by atoms with E-state index in [9.17, 15) is 4.79 Å². The topological polar surface area (TPSA) is 54.0 Å². The minimum Gasteiger partial charge on any atom is -0.493 e. The van der Waals surface area contributed by atoms with Gasteiger partial charge in [-0.2, -0.15) is 0 Å². The van der Waals surface area contributed by atoms with Gasteiger partial charge in [0.25, 0.3) is 0 Å². The van der Waals surface area contributed by atoms with Crippen molar-refractivity contribution >= 4 is 18.9 Å². The van der Waals surface area contributed by atoms with E-state index in [2.05, 4.69) is 0 Å². The van der Waals surface area contributed by atoms with E-state index in [1.807, 2.05) is 58.0 Å². The Morgan fingerprint density at radius 3 is 2.19 bits per heavy atom. The summed E-state index contributed by atoms with van der Waals surface area (Å²) in [6, 6.07) is 13.3. The lowest BCUT2D eigenvalue weighted by Crippen LogP contribution is -2.41. The fraction of sp³-hybridized carbons (Fsp3) is 0.381. The summed E-state index contributed by atoms with van der Waals surface area (Å²) in [6.45, 7) is 8.26. The Morgan fingerprint density at radius 2 is 1.63 bits per heavy atom. The quantitative estimate of drug-likeness (QED) is 0.578. The van der Waals surface area contributed by atoms with Crippen LogP contribution >= 0.6 is 0 Å². The SMILES string of the molecule is COc1c(OCc2ccccc2)ccc(C=O)c1B1OC(C)(C)C(C)(C)O1. The van der Waals surface area contributed by atoms with Gasteiger partial charge in [0.15, 0.2) is 11.5 Å². The van der Waals surface area contributed by atoms with E-state index in [0.717, 1.165) is 11.8 Å². The maximum absolute atomic E-state index is 11.7. The first-order chi connectivity index (χ1) is 12.8. The lowest BCUT2D eigenvalue weighted by atomic mass is 9.75. The van der Waals surface area contributed by atoms with E-state index in [1.165, 1.54) is 0 Å². The molecule has 0 spiro atoms. The third-order valence-corrected chi connectivity index (χ3v) is 5.25. The lowest BCUT2D eigenvalue weighted by Gasteiger charge is -2.32. The van der Waals surface area contributed by atoms with Gasteiger partial charge in [-0.3, -0.25) is 4.79 Å². The van der Waals surface area contributed by atoms with Crippen molar-refractivity contribution in [3.63, 3.8) is 0 Å². The van der Waals surface area contributed by atoms with Crippen molar-refractivity contribution in [3.8, 4) is 11.5 Å². The fourth-order valence-corrected chi connectivity index (χ4v) is 2.96. The predicted molar refractivity (Wildman–Crippen MR) is 105 cm³/mol. The highest BCUT2D eigenvalue weighted by Crippen LogP contribution is 2.38. The number of benzene rings is 2. The minimum atomic E-state index is -0.717. The highest BCUT2D eigenvalue weighted by Gasteiger charge is 2.53. The monoisotopic (exact) mass is 368 g/mol. The van der Waals surface area contributed by atoms with Gasteiger partial charge < -0.3 is 18.8 Å². The molecule has 2 aromatic carbocycles. The van der Waals surface area contributed by atoms with Gasteiger partial charge in [-0.25, -0.2) is 0 Å². The maximum Gasteiger partial charge on any atom is 0.499 e. The van der Waals surface area contributed by atoms with Crippen LogP contribution in [-0.2, 0) is 15.9 Å². The van der Waals surface area contributed by atoms with Crippen molar-refractivity contribution in [2.75, 3.05) is 7.11 Å². The Morgan fingerprint density at radius 1 is 1.00 bits per heavy atom. The van der Waals surface area contributed by atoms with Gasteiger partial charge in [-0.05, 0) is 45.4 Å². The van der Waals surface area contributed by atoms with E-state index in [-0.39, 0.29) is 0 Å². The molecule has 27 heavy (non-hydrogen) atoms. The Hall–Kier alpha value is -2.31. The van der Waals surface area contributed by atoms with Crippen LogP contribution in [0, 0.1) is 0 Å². The molecular formula is C21H25BO5. The van der Waals surface area contributed by atoms with Crippen molar-refractivity contribution in [1.29, 1.82) is 0 Å². The molecule has 1 aliphatic heterocycles. The highest BCUT2D eigenvalue weighted by molar-refractivity contribution is 6.64. The summed E-state index contributed by atoms with van der Waals surface area (Å²) in [4.78, 5) is 11.7. The molecule has 6 heteroatoms. The number of hydrogen-bond acceptors (Lipinski definition) is 5. The number of aldehydes is 1. The standard InChI is InChI=1S/C21H25BO5/c1-20(2)21(3,4)27-22(26-20)18-16(13-23)11-12-17(19(18)24-5)25-14-15-9-7-6-8-10-15/h6-13H,14H2,1-5H3. The molecule has 0 aromatic heterocycles. The van der Waals surface area contributed by atoms with Crippen molar-refractivity contribution in [2.45, 2.75) is 45.5 Å². The highest BCUT2D eigenvalue weighted by atomic mass is 16.7. The second-order valence-electron chi connectivity index (χ2n) is 7.58. The third-order valence-electron chi connectivity index (χ3n) is 5.25. The fourth-order valence-electron chi connectivity index (χ4n) is 2.96. The summed E-state index contributed by atoms with van der Waals surface area (Å²) in [5.41, 5.74) is 0.998. The Balaban J connectivity index is 1.96. The summed E-state index contributed by atoms with van der Waals surface area (Å²) in [7, 11) is 0.832. The molecule has 0 amide bonds. The minimum absolute atomic E-state index is 0.389. The normalized spacial score (nSPS) is 17.6. The maximum atomic E-state index is 11.7. The van der Waals surface area contributed by atoms with Gasteiger partial charge in [0.1, 0.15) is 12.9 Å². The van der Waals surface area contributed by atoms with Crippen LogP contribution in [0.1, 0.15) is 43.6 Å². The molecule has 3 rings (SSSR count). The Kier molecular flexibility index (Phi) is 5.31. The van der Waals surface area contributed by atoms with Crippen LogP contribution in [0.3, 0.4) is 0 Å². The zero-order valence-electron chi connectivity index (χ0n) is 16.4. The van der Waals surface area contributed by atoms with E-state index < -0.39 is 18.3 Å². The molecular weight excluding hydrogens is 343 g/mol. The molecule has 1 heterocycles. The number of ether oxygens (including phenoxy) is 2. The second-order valence-corrected chi connectivity index (χ2v) is 7.58. The smallest absolute Gasteiger partial charge is 0.493 e. The molecule has 0 radical (unpaired) electrons. The van der Waals surface area contributed by atoms with Gasteiger partial charge in [-0.1, -0.05) is 30.3 Å². The van der Waals surface area contributed by atoms with Crippen LogP contribution in [0.25, 0.3) is 0 Å². The van der Waals surface area contributed by atoms with E-state index in [4.69, 9.17) is 18.8 Å². The molecule has 0 saturated carbocycles. The van der Waals surface area contributed by atoms with Crippen molar-refractivity contribution in [3.05, 3.63) is 53.6 Å². The van der Waals surface area contributed by atoms with Crippen molar-refractivity contribution in [2.24, 2.45) is 0 Å². The molecule has 5 nitrogen and oxygen atoms in total. The number of methoxy groups -OCH3 is 1.